The molecule has 0 aliphatic heterocycles. The number of nitriles is 1. The van der Waals surface area contributed by atoms with E-state index in [1.54, 1.807) is 18.2 Å². The third kappa shape index (κ3) is 1.60. The molecule has 3 heteroatoms. The summed E-state index contributed by atoms with van der Waals surface area (Å²) in [5, 5.41) is 17.2. The van der Waals surface area contributed by atoms with Gasteiger partial charge in [0.05, 0.1) is 11.6 Å². The van der Waals surface area contributed by atoms with Gasteiger partial charge in [0.2, 0.25) is 0 Å². The van der Waals surface area contributed by atoms with Gasteiger partial charge in [0.1, 0.15) is 0 Å². The molecule has 0 unspecified atom stereocenters. The smallest absolute Gasteiger partial charge is 0.327 e. The van der Waals surface area contributed by atoms with Gasteiger partial charge in [0.15, 0.2) is 0 Å². The summed E-state index contributed by atoms with van der Waals surface area (Å²) in [5.74, 6) is 0. The average molecular weight is 144 g/mol. The molecule has 0 amide bonds. The largest absolute Gasteiger partial charge is 0.450 e. The standard InChI is InChI=1S/C8H7BNO/c1-6-4-7(5-10)2-3-8(6)9-11/h2-4,11H,1H3. The zero-order valence-corrected chi connectivity index (χ0v) is 6.20. The Kier molecular flexibility index (Phi) is 2.30. The Balaban J connectivity index is 3.12. The highest BCUT2D eigenvalue weighted by molar-refractivity contribution is 6.46. The van der Waals surface area contributed by atoms with E-state index in [1.807, 2.05) is 13.0 Å². The molecule has 2 nitrogen and oxygen atoms in total. The van der Waals surface area contributed by atoms with E-state index in [0.717, 1.165) is 18.5 Å². The summed E-state index contributed by atoms with van der Waals surface area (Å²) in [7, 11) is 1.04. The normalized spacial score (nSPS) is 8.82. The molecule has 0 saturated carbocycles. The maximum absolute atomic E-state index is 8.67. The van der Waals surface area contributed by atoms with Gasteiger partial charge in [0.25, 0.3) is 0 Å². The minimum atomic E-state index is 0.619. The molecule has 0 saturated heterocycles. The molecule has 1 N–H and O–H groups in total. The third-order valence-corrected chi connectivity index (χ3v) is 1.54. The van der Waals surface area contributed by atoms with E-state index < -0.39 is 0 Å². The van der Waals surface area contributed by atoms with Crippen LogP contribution >= 0.6 is 0 Å². The summed E-state index contributed by atoms with van der Waals surface area (Å²) in [5.41, 5.74) is 2.28. The van der Waals surface area contributed by atoms with Gasteiger partial charge in [-0.2, -0.15) is 5.26 Å². The first-order chi connectivity index (χ1) is 5.27. The van der Waals surface area contributed by atoms with Crippen molar-refractivity contribution in [2.45, 2.75) is 6.92 Å². The topological polar surface area (TPSA) is 44.0 Å². The maximum Gasteiger partial charge on any atom is 0.327 e. The zero-order chi connectivity index (χ0) is 8.27. The zero-order valence-electron chi connectivity index (χ0n) is 6.20. The van der Waals surface area contributed by atoms with Gasteiger partial charge >= 0.3 is 7.48 Å². The molecule has 11 heavy (non-hydrogen) atoms. The highest BCUT2D eigenvalue weighted by atomic mass is 16.2. The highest BCUT2D eigenvalue weighted by Crippen LogP contribution is 1.98. The van der Waals surface area contributed by atoms with Gasteiger partial charge in [-0.3, -0.25) is 0 Å². The van der Waals surface area contributed by atoms with Gasteiger partial charge in [-0.15, -0.1) is 0 Å². The van der Waals surface area contributed by atoms with Crippen molar-refractivity contribution in [3.8, 4) is 6.07 Å². The Hall–Kier alpha value is -1.27. The van der Waals surface area contributed by atoms with E-state index in [2.05, 4.69) is 0 Å². The molecule has 0 aliphatic carbocycles. The summed E-state index contributed by atoms with van der Waals surface area (Å²) >= 11 is 0. The van der Waals surface area contributed by atoms with Crippen LogP contribution in [0.15, 0.2) is 18.2 Å². The average Bonchev–Trinajstić information content (AvgIpc) is 2.04. The fourth-order valence-electron chi connectivity index (χ4n) is 0.890. The molecule has 0 aliphatic rings. The van der Waals surface area contributed by atoms with Crippen molar-refractivity contribution < 1.29 is 5.02 Å². The fraction of sp³-hybridized carbons (Fsp3) is 0.125. The Labute approximate surface area is 66.4 Å². The van der Waals surface area contributed by atoms with E-state index >= 15 is 0 Å². The Morgan fingerprint density at radius 3 is 2.73 bits per heavy atom. The Morgan fingerprint density at radius 1 is 1.55 bits per heavy atom. The highest BCUT2D eigenvalue weighted by Gasteiger charge is 1.98. The van der Waals surface area contributed by atoms with E-state index in [9.17, 15) is 0 Å². The molecular weight excluding hydrogens is 137 g/mol. The van der Waals surface area contributed by atoms with Gasteiger partial charge in [-0.25, -0.2) is 0 Å². The third-order valence-electron chi connectivity index (χ3n) is 1.54. The number of aryl methyl sites for hydroxylation is 1. The molecule has 1 radical (unpaired) electrons. The maximum atomic E-state index is 8.67. The Bertz CT molecular complexity index is 303. The van der Waals surface area contributed by atoms with Crippen LogP contribution in [0.2, 0.25) is 0 Å². The predicted octanol–water partition coefficient (Wildman–Crippen LogP) is 0.103. The summed E-state index contributed by atoms with van der Waals surface area (Å²) in [4.78, 5) is 0. The summed E-state index contributed by atoms with van der Waals surface area (Å²) < 4.78 is 0. The first-order valence-electron chi connectivity index (χ1n) is 3.26. The lowest BCUT2D eigenvalue weighted by Crippen LogP contribution is -2.16. The number of rotatable bonds is 1. The SMILES string of the molecule is Cc1cc(C#N)ccc1[B]O. The number of hydrogen-bond acceptors (Lipinski definition) is 2. The predicted molar refractivity (Wildman–Crippen MR) is 43.5 cm³/mol. The van der Waals surface area contributed by atoms with Crippen molar-refractivity contribution in [2.75, 3.05) is 0 Å². The van der Waals surface area contributed by atoms with Crippen molar-refractivity contribution in [1.29, 1.82) is 5.26 Å². The van der Waals surface area contributed by atoms with Crippen LogP contribution in [-0.4, -0.2) is 12.5 Å². The summed E-state index contributed by atoms with van der Waals surface area (Å²) in [6, 6.07) is 7.15. The van der Waals surface area contributed by atoms with Crippen molar-refractivity contribution in [1.82, 2.24) is 0 Å². The van der Waals surface area contributed by atoms with E-state index in [-0.39, 0.29) is 0 Å². The van der Waals surface area contributed by atoms with Crippen LogP contribution in [0.1, 0.15) is 11.1 Å². The van der Waals surface area contributed by atoms with Crippen molar-refractivity contribution >= 4 is 12.9 Å². The molecule has 0 atom stereocenters. The lowest BCUT2D eigenvalue weighted by molar-refractivity contribution is 0.615. The number of benzene rings is 1. The first kappa shape index (κ1) is 7.84. The van der Waals surface area contributed by atoms with Crippen LogP contribution in [0.4, 0.5) is 0 Å². The van der Waals surface area contributed by atoms with Crippen LogP contribution in [-0.2, 0) is 0 Å². The van der Waals surface area contributed by atoms with Crippen molar-refractivity contribution in [3.63, 3.8) is 0 Å². The molecule has 0 bridgehead atoms. The molecule has 0 spiro atoms. The second kappa shape index (κ2) is 3.22. The number of nitrogens with zero attached hydrogens (tertiary/aromatic N) is 1. The van der Waals surface area contributed by atoms with Gasteiger partial charge in [-0.1, -0.05) is 17.1 Å². The summed E-state index contributed by atoms with van der Waals surface area (Å²) in [6.45, 7) is 1.85. The molecule has 0 aromatic heterocycles. The quantitative estimate of drug-likeness (QED) is 0.568. The van der Waals surface area contributed by atoms with Gasteiger partial charge < -0.3 is 5.02 Å². The van der Waals surface area contributed by atoms with Crippen LogP contribution in [0.3, 0.4) is 0 Å². The van der Waals surface area contributed by atoms with Gasteiger partial charge in [-0.05, 0) is 19.1 Å². The second-order valence-electron chi connectivity index (χ2n) is 2.31. The first-order valence-corrected chi connectivity index (χ1v) is 3.26. The molecule has 1 aromatic carbocycles. The lowest BCUT2D eigenvalue weighted by atomic mass is 9.84. The van der Waals surface area contributed by atoms with Crippen molar-refractivity contribution in [3.05, 3.63) is 29.3 Å². The Morgan fingerprint density at radius 2 is 2.27 bits per heavy atom. The van der Waals surface area contributed by atoms with Crippen molar-refractivity contribution in [2.24, 2.45) is 0 Å². The minimum absolute atomic E-state index is 0.619. The molecule has 0 fully saturated rings. The molecular formula is C8H7BNO. The molecule has 53 valence electrons. The van der Waals surface area contributed by atoms with E-state index in [1.165, 1.54) is 0 Å². The van der Waals surface area contributed by atoms with Crippen LogP contribution in [0.25, 0.3) is 0 Å². The van der Waals surface area contributed by atoms with Crippen LogP contribution in [0.5, 0.6) is 0 Å². The monoisotopic (exact) mass is 144 g/mol. The number of hydrogen-bond donors (Lipinski definition) is 1. The van der Waals surface area contributed by atoms with Crippen LogP contribution in [0, 0.1) is 18.3 Å². The van der Waals surface area contributed by atoms with E-state index in [4.69, 9.17) is 10.3 Å². The van der Waals surface area contributed by atoms with Gasteiger partial charge in [0, 0.05) is 0 Å². The summed E-state index contributed by atoms with van der Waals surface area (Å²) in [6.07, 6.45) is 0. The molecule has 0 heterocycles. The minimum Gasteiger partial charge on any atom is -0.450 e. The lowest BCUT2D eigenvalue weighted by Gasteiger charge is -1.99. The van der Waals surface area contributed by atoms with E-state index in [0.29, 0.717) is 5.56 Å². The fourth-order valence-corrected chi connectivity index (χ4v) is 0.890. The van der Waals surface area contributed by atoms with Crippen LogP contribution < -0.4 is 5.46 Å². The molecule has 1 rings (SSSR count). The molecule has 1 aromatic rings. The second-order valence-corrected chi connectivity index (χ2v) is 2.31.